The number of aromatic nitrogens is 2. The zero-order chi connectivity index (χ0) is 19.3. The Kier molecular flexibility index (Phi) is 6.07. The van der Waals surface area contributed by atoms with Crippen LogP contribution in [0, 0.1) is 0 Å². The van der Waals surface area contributed by atoms with Gasteiger partial charge in [-0.1, -0.05) is 19.1 Å². The summed E-state index contributed by atoms with van der Waals surface area (Å²) in [5.41, 5.74) is 3.81. The third kappa shape index (κ3) is 4.45. The molecule has 0 aliphatic carbocycles. The molecule has 6 heteroatoms. The highest BCUT2D eigenvalue weighted by Crippen LogP contribution is 2.22. The fourth-order valence-electron chi connectivity index (χ4n) is 4.13. The zero-order valence-corrected chi connectivity index (χ0v) is 17.1. The molecule has 0 unspecified atom stereocenters. The summed E-state index contributed by atoms with van der Waals surface area (Å²) in [4.78, 5) is 17.0. The number of methoxy groups -OCH3 is 1. The van der Waals surface area contributed by atoms with E-state index in [0.29, 0.717) is 0 Å². The molecule has 0 saturated carbocycles. The first-order valence-electron chi connectivity index (χ1n) is 10.4. The Hall–Kier alpha value is -2.18. The van der Waals surface area contributed by atoms with Gasteiger partial charge in [0.25, 0.3) is 0 Å². The highest BCUT2D eigenvalue weighted by Gasteiger charge is 2.22. The Morgan fingerprint density at radius 2 is 1.79 bits per heavy atom. The largest absolute Gasteiger partial charge is 0.497 e. The SMILES string of the molecule is CCCN1CCN(c2ncc3c(n2)CCN(Cc2ccc(OC)cc2)C3)CC1. The minimum Gasteiger partial charge on any atom is -0.497 e. The van der Waals surface area contributed by atoms with Gasteiger partial charge in [0.05, 0.1) is 12.8 Å². The van der Waals surface area contributed by atoms with E-state index in [4.69, 9.17) is 14.7 Å². The van der Waals surface area contributed by atoms with Gasteiger partial charge in [-0.3, -0.25) is 9.80 Å². The first-order chi connectivity index (χ1) is 13.7. The predicted octanol–water partition coefficient (Wildman–Crippen LogP) is 2.58. The summed E-state index contributed by atoms with van der Waals surface area (Å²) in [6.45, 7) is 10.6. The van der Waals surface area contributed by atoms with Gasteiger partial charge in [-0.05, 0) is 30.7 Å². The molecule has 0 radical (unpaired) electrons. The number of fused-ring (bicyclic) bond motifs is 1. The molecule has 0 N–H and O–H groups in total. The molecular formula is C22H31N5O. The molecule has 0 amide bonds. The predicted molar refractivity (Wildman–Crippen MR) is 112 cm³/mol. The van der Waals surface area contributed by atoms with Crippen molar-refractivity contribution in [2.75, 3.05) is 51.3 Å². The highest BCUT2D eigenvalue weighted by atomic mass is 16.5. The third-order valence-electron chi connectivity index (χ3n) is 5.76. The smallest absolute Gasteiger partial charge is 0.225 e. The lowest BCUT2D eigenvalue weighted by atomic mass is 10.1. The van der Waals surface area contributed by atoms with Gasteiger partial charge in [-0.15, -0.1) is 0 Å². The second kappa shape index (κ2) is 8.88. The molecule has 2 aliphatic heterocycles. The maximum absolute atomic E-state index is 5.25. The van der Waals surface area contributed by atoms with Crippen molar-refractivity contribution in [3.63, 3.8) is 0 Å². The molecule has 1 aromatic heterocycles. The van der Waals surface area contributed by atoms with Gasteiger partial charge in [-0.2, -0.15) is 0 Å². The Morgan fingerprint density at radius 1 is 1.00 bits per heavy atom. The van der Waals surface area contributed by atoms with E-state index in [1.54, 1.807) is 7.11 Å². The van der Waals surface area contributed by atoms with Crippen molar-refractivity contribution >= 4 is 5.95 Å². The van der Waals surface area contributed by atoms with Crippen molar-refractivity contribution in [1.82, 2.24) is 19.8 Å². The van der Waals surface area contributed by atoms with Gasteiger partial charge in [0, 0.05) is 64.0 Å². The molecule has 0 atom stereocenters. The van der Waals surface area contributed by atoms with Gasteiger partial charge in [0.15, 0.2) is 0 Å². The van der Waals surface area contributed by atoms with Crippen molar-refractivity contribution in [3.05, 3.63) is 47.3 Å². The monoisotopic (exact) mass is 381 g/mol. The van der Waals surface area contributed by atoms with Crippen LogP contribution in [0.4, 0.5) is 5.95 Å². The lowest BCUT2D eigenvalue weighted by molar-refractivity contribution is 0.242. The minimum absolute atomic E-state index is 0.907. The first kappa shape index (κ1) is 19.2. The number of benzene rings is 1. The molecule has 1 aromatic carbocycles. The summed E-state index contributed by atoms with van der Waals surface area (Å²) in [7, 11) is 1.70. The van der Waals surface area contributed by atoms with E-state index in [1.807, 2.05) is 12.1 Å². The number of anilines is 1. The van der Waals surface area contributed by atoms with Crippen molar-refractivity contribution < 1.29 is 4.74 Å². The number of rotatable bonds is 6. The van der Waals surface area contributed by atoms with Crippen LogP contribution in [0.1, 0.15) is 30.2 Å². The molecule has 1 fully saturated rings. The second-order valence-corrected chi connectivity index (χ2v) is 7.78. The molecule has 1 saturated heterocycles. The van der Waals surface area contributed by atoms with Crippen LogP contribution >= 0.6 is 0 Å². The quantitative estimate of drug-likeness (QED) is 0.766. The number of nitrogens with zero attached hydrogens (tertiary/aromatic N) is 5. The molecular weight excluding hydrogens is 350 g/mol. The van der Waals surface area contributed by atoms with Crippen molar-refractivity contribution in [2.24, 2.45) is 0 Å². The third-order valence-corrected chi connectivity index (χ3v) is 5.76. The van der Waals surface area contributed by atoms with Crippen LogP contribution in [-0.2, 0) is 19.5 Å². The maximum Gasteiger partial charge on any atom is 0.225 e. The molecule has 150 valence electrons. The van der Waals surface area contributed by atoms with Crippen LogP contribution in [0.25, 0.3) is 0 Å². The number of hydrogen-bond donors (Lipinski definition) is 0. The van der Waals surface area contributed by atoms with Crippen LogP contribution < -0.4 is 9.64 Å². The van der Waals surface area contributed by atoms with E-state index in [0.717, 1.165) is 63.9 Å². The number of piperazine rings is 1. The van der Waals surface area contributed by atoms with E-state index in [1.165, 1.54) is 29.8 Å². The lowest BCUT2D eigenvalue weighted by Crippen LogP contribution is -2.47. The maximum atomic E-state index is 5.25. The first-order valence-corrected chi connectivity index (χ1v) is 10.4. The molecule has 3 heterocycles. The van der Waals surface area contributed by atoms with Crippen molar-refractivity contribution in [3.8, 4) is 5.75 Å². The van der Waals surface area contributed by atoms with Gasteiger partial charge in [0.2, 0.25) is 5.95 Å². The van der Waals surface area contributed by atoms with E-state index in [2.05, 4.69) is 40.0 Å². The summed E-state index contributed by atoms with van der Waals surface area (Å²) in [6, 6.07) is 8.35. The molecule has 4 rings (SSSR count). The topological polar surface area (TPSA) is 44.7 Å². The zero-order valence-electron chi connectivity index (χ0n) is 17.1. The summed E-state index contributed by atoms with van der Waals surface area (Å²) in [5.74, 6) is 1.82. The fraction of sp³-hybridized carbons (Fsp3) is 0.545. The molecule has 2 aliphatic rings. The van der Waals surface area contributed by atoms with E-state index in [9.17, 15) is 0 Å². The normalized spacial score (nSPS) is 18.1. The molecule has 6 nitrogen and oxygen atoms in total. The second-order valence-electron chi connectivity index (χ2n) is 7.78. The number of ether oxygens (including phenoxy) is 1. The summed E-state index contributed by atoms with van der Waals surface area (Å²) < 4.78 is 5.25. The molecule has 0 spiro atoms. The molecule has 28 heavy (non-hydrogen) atoms. The van der Waals surface area contributed by atoms with Crippen LogP contribution in [-0.4, -0.2) is 66.1 Å². The Bertz CT molecular complexity index is 771. The van der Waals surface area contributed by atoms with E-state index in [-0.39, 0.29) is 0 Å². The van der Waals surface area contributed by atoms with Gasteiger partial charge < -0.3 is 9.64 Å². The fourth-order valence-corrected chi connectivity index (χ4v) is 4.13. The summed E-state index contributed by atoms with van der Waals surface area (Å²) in [6.07, 6.45) is 4.27. The Labute approximate surface area is 168 Å². The minimum atomic E-state index is 0.907. The van der Waals surface area contributed by atoms with Crippen LogP contribution in [0.3, 0.4) is 0 Å². The Balaban J connectivity index is 1.36. The standard InChI is InChI=1S/C22H31N5O/c1-3-9-25-11-13-27(14-12-25)22-23-15-19-17-26(10-8-21(19)24-22)16-18-4-6-20(28-2)7-5-18/h4-7,15H,3,8-14,16-17H2,1-2H3. The van der Waals surface area contributed by atoms with E-state index < -0.39 is 0 Å². The van der Waals surface area contributed by atoms with E-state index >= 15 is 0 Å². The molecule has 0 bridgehead atoms. The van der Waals surface area contributed by atoms with Crippen LogP contribution in [0.15, 0.2) is 30.5 Å². The number of hydrogen-bond acceptors (Lipinski definition) is 6. The van der Waals surface area contributed by atoms with Gasteiger partial charge in [-0.25, -0.2) is 9.97 Å². The van der Waals surface area contributed by atoms with Gasteiger partial charge in [0.1, 0.15) is 5.75 Å². The average molecular weight is 382 g/mol. The van der Waals surface area contributed by atoms with Gasteiger partial charge >= 0.3 is 0 Å². The molecule has 2 aromatic rings. The van der Waals surface area contributed by atoms with Crippen LogP contribution in [0.2, 0.25) is 0 Å². The van der Waals surface area contributed by atoms with Crippen molar-refractivity contribution in [1.29, 1.82) is 0 Å². The van der Waals surface area contributed by atoms with Crippen molar-refractivity contribution in [2.45, 2.75) is 32.9 Å². The summed E-state index contributed by atoms with van der Waals surface area (Å²) >= 11 is 0. The summed E-state index contributed by atoms with van der Waals surface area (Å²) in [5, 5.41) is 0. The average Bonchev–Trinajstić information content (AvgIpc) is 2.75. The lowest BCUT2D eigenvalue weighted by Gasteiger charge is -2.35. The van der Waals surface area contributed by atoms with Crippen LogP contribution in [0.5, 0.6) is 5.75 Å². The Morgan fingerprint density at radius 3 is 2.50 bits per heavy atom. The highest BCUT2D eigenvalue weighted by molar-refractivity contribution is 5.35.